The summed E-state index contributed by atoms with van der Waals surface area (Å²) >= 11 is 0. The number of rotatable bonds is 2. The molecule has 2 unspecified atom stereocenters. The van der Waals surface area contributed by atoms with Crippen molar-refractivity contribution in [3.05, 3.63) is 41.0 Å². The van der Waals surface area contributed by atoms with E-state index in [1.165, 1.54) is 11.1 Å². The minimum absolute atomic E-state index is 0.0514. The molecule has 1 aromatic carbocycles. The molecule has 5 nitrogen and oxygen atoms in total. The molecule has 0 amide bonds. The van der Waals surface area contributed by atoms with Gasteiger partial charge in [-0.1, -0.05) is 6.07 Å². The van der Waals surface area contributed by atoms with E-state index in [1.807, 2.05) is 24.6 Å². The van der Waals surface area contributed by atoms with E-state index >= 15 is 0 Å². The van der Waals surface area contributed by atoms with Crippen LogP contribution in [0.1, 0.15) is 41.3 Å². The first kappa shape index (κ1) is 13.1. The number of benzene rings is 1. The van der Waals surface area contributed by atoms with Gasteiger partial charge in [-0.2, -0.15) is 5.10 Å². The Labute approximate surface area is 118 Å². The Morgan fingerprint density at radius 1 is 1.35 bits per heavy atom. The van der Waals surface area contributed by atoms with Crippen LogP contribution >= 0.6 is 0 Å². The first-order valence-electron chi connectivity index (χ1n) is 6.92. The molecule has 0 saturated carbocycles. The van der Waals surface area contributed by atoms with Crippen molar-refractivity contribution >= 4 is 0 Å². The van der Waals surface area contributed by atoms with E-state index in [4.69, 9.17) is 10.5 Å². The molecule has 1 heterocycles. The van der Waals surface area contributed by atoms with E-state index < -0.39 is 0 Å². The van der Waals surface area contributed by atoms with Gasteiger partial charge in [0.2, 0.25) is 0 Å². The number of nitrogens with two attached hydrogens (primary N) is 1. The van der Waals surface area contributed by atoms with Crippen molar-refractivity contribution in [3.8, 4) is 5.75 Å². The monoisotopic (exact) mass is 272 g/mol. The second-order valence-electron chi connectivity index (χ2n) is 5.35. The average molecular weight is 272 g/mol. The Bertz CT molecular complexity index is 635. The number of hydrogen-bond donors (Lipinski definition) is 1. The van der Waals surface area contributed by atoms with Crippen molar-refractivity contribution < 1.29 is 4.74 Å². The summed E-state index contributed by atoms with van der Waals surface area (Å²) in [6.07, 6.45) is 1.97. The van der Waals surface area contributed by atoms with Crippen LogP contribution in [0.5, 0.6) is 5.75 Å². The zero-order chi connectivity index (χ0) is 14.3. The van der Waals surface area contributed by atoms with E-state index in [1.54, 1.807) is 7.11 Å². The average Bonchev–Trinajstić information content (AvgIpc) is 2.77. The normalized spacial score (nSPS) is 21.6. The van der Waals surface area contributed by atoms with Crippen LogP contribution in [0.2, 0.25) is 0 Å². The summed E-state index contributed by atoms with van der Waals surface area (Å²) in [7, 11) is 1.69. The van der Waals surface area contributed by atoms with Crippen LogP contribution in [0.25, 0.3) is 0 Å². The molecule has 0 bridgehead atoms. The third-order valence-corrected chi connectivity index (χ3v) is 4.05. The lowest BCUT2D eigenvalue weighted by Crippen LogP contribution is -2.31. The molecular weight excluding hydrogens is 252 g/mol. The maximum atomic E-state index is 6.46. The summed E-state index contributed by atoms with van der Waals surface area (Å²) in [5.74, 6) is 2.62. The molecule has 2 aromatic rings. The Balaban J connectivity index is 1.96. The van der Waals surface area contributed by atoms with Crippen molar-refractivity contribution in [1.82, 2.24) is 14.8 Å². The third kappa shape index (κ3) is 2.08. The summed E-state index contributed by atoms with van der Waals surface area (Å²) in [4.78, 5) is 4.38. The fraction of sp³-hybridized carbons (Fsp3) is 0.467. The predicted molar refractivity (Wildman–Crippen MR) is 76.8 cm³/mol. The van der Waals surface area contributed by atoms with E-state index in [9.17, 15) is 0 Å². The molecule has 5 heteroatoms. The van der Waals surface area contributed by atoms with Gasteiger partial charge in [-0.15, -0.1) is 0 Å². The molecule has 0 saturated heterocycles. The molecule has 0 spiro atoms. The lowest BCUT2D eigenvalue weighted by molar-refractivity contribution is 0.333. The highest BCUT2D eigenvalue weighted by Gasteiger charge is 2.30. The van der Waals surface area contributed by atoms with Gasteiger partial charge in [0.1, 0.15) is 17.4 Å². The van der Waals surface area contributed by atoms with Crippen LogP contribution in [-0.2, 0) is 6.42 Å². The van der Waals surface area contributed by atoms with Crippen molar-refractivity contribution in [1.29, 1.82) is 0 Å². The van der Waals surface area contributed by atoms with E-state index in [0.717, 1.165) is 30.2 Å². The minimum Gasteiger partial charge on any atom is -0.497 e. The van der Waals surface area contributed by atoms with Crippen molar-refractivity contribution in [2.24, 2.45) is 5.73 Å². The molecule has 2 N–H and O–H groups in total. The van der Waals surface area contributed by atoms with Crippen molar-refractivity contribution in [2.45, 2.75) is 38.8 Å². The zero-order valence-electron chi connectivity index (χ0n) is 12.1. The molecular formula is C15H20N4O. The molecule has 20 heavy (non-hydrogen) atoms. The van der Waals surface area contributed by atoms with Crippen LogP contribution in [0.3, 0.4) is 0 Å². The van der Waals surface area contributed by atoms with Crippen LogP contribution in [-0.4, -0.2) is 21.9 Å². The summed E-state index contributed by atoms with van der Waals surface area (Å²) in [6.45, 7) is 3.90. The quantitative estimate of drug-likeness (QED) is 0.909. The third-order valence-electron chi connectivity index (χ3n) is 4.05. The van der Waals surface area contributed by atoms with Crippen LogP contribution in [0, 0.1) is 13.8 Å². The standard InChI is InChI=1S/C15H20N4O/c1-9-17-10(2)19(18-9)14-7-4-11-8-12(20-3)5-6-13(11)15(14)16/h5-6,8,14-15H,4,7,16H2,1-3H3. The molecule has 106 valence electrons. The second-order valence-corrected chi connectivity index (χ2v) is 5.35. The van der Waals surface area contributed by atoms with Gasteiger partial charge in [0.05, 0.1) is 19.2 Å². The Morgan fingerprint density at radius 2 is 2.15 bits per heavy atom. The first-order chi connectivity index (χ1) is 9.60. The summed E-state index contributed by atoms with van der Waals surface area (Å²) in [6, 6.07) is 6.26. The fourth-order valence-corrected chi connectivity index (χ4v) is 3.07. The lowest BCUT2D eigenvalue weighted by atomic mass is 9.84. The molecule has 0 fully saturated rings. The van der Waals surface area contributed by atoms with E-state index in [2.05, 4.69) is 22.2 Å². The van der Waals surface area contributed by atoms with Gasteiger partial charge in [-0.25, -0.2) is 9.67 Å². The summed E-state index contributed by atoms with van der Waals surface area (Å²) in [5.41, 5.74) is 8.93. The Kier molecular flexibility index (Phi) is 3.22. The molecule has 1 aliphatic rings. The molecule has 2 atom stereocenters. The van der Waals surface area contributed by atoms with Gasteiger partial charge in [-0.3, -0.25) is 0 Å². The van der Waals surface area contributed by atoms with Gasteiger partial charge >= 0.3 is 0 Å². The van der Waals surface area contributed by atoms with Gasteiger partial charge in [-0.05, 0) is 49.9 Å². The molecule has 0 radical (unpaired) electrons. The highest BCUT2D eigenvalue weighted by Crippen LogP contribution is 2.37. The highest BCUT2D eigenvalue weighted by atomic mass is 16.5. The van der Waals surface area contributed by atoms with Gasteiger partial charge in [0, 0.05) is 0 Å². The van der Waals surface area contributed by atoms with E-state index in [0.29, 0.717) is 0 Å². The molecule has 3 rings (SSSR count). The van der Waals surface area contributed by atoms with Gasteiger partial charge in [0.25, 0.3) is 0 Å². The van der Waals surface area contributed by atoms with Crippen LogP contribution < -0.4 is 10.5 Å². The predicted octanol–water partition coefficient (Wildman–Crippen LogP) is 2.09. The first-order valence-corrected chi connectivity index (χ1v) is 6.92. The van der Waals surface area contributed by atoms with Crippen LogP contribution in [0.4, 0.5) is 0 Å². The smallest absolute Gasteiger partial charge is 0.147 e. The Hall–Kier alpha value is -1.88. The van der Waals surface area contributed by atoms with Gasteiger partial charge in [0.15, 0.2) is 0 Å². The topological polar surface area (TPSA) is 66.0 Å². The number of aryl methyl sites for hydroxylation is 3. The number of fused-ring (bicyclic) bond motifs is 1. The molecule has 1 aliphatic carbocycles. The fourth-order valence-electron chi connectivity index (χ4n) is 3.07. The largest absolute Gasteiger partial charge is 0.497 e. The number of ether oxygens (including phenoxy) is 1. The van der Waals surface area contributed by atoms with Crippen molar-refractivity contribution in [3.63, 3.8) is 0 Å². The summed E-state index contributed by atoms with van der Waals surface area (Å²) in [5, 5.41) is 4.49. The Morgan fingerprint density at radius 3 is 2.80 bits per heavy atom. The van der Waals surface area contributed by atoms with Gasteiger partial charge < -0.3 is 10.5 Å². The zero-order valence-corrected chi connectivity index (χ0v) is 12.1. The highest BCUT2D eigenvalue weighted by molar-refractivity contribution is 5.39. The minimum atomic E-state index is -0.0514. The molecule has 0 aliphatic heterocycles. The number of methoxy groups -OCH3 is 1. The summed E-state index contributed by atoms with van der Waals surface area (Å²) < 4.78 is 7.26. The number of aromatic nitrogens is 3. The number of hydrogen-bond acceptors (Lipinski definition) is 4. The molecule has 1 aromatic heterocycles. The van der Waals surface area contributed by atoms with E-state index in [-0.39, 0.29) is 12.1 Å². The van der Waals surface area contributed by atoms with Crippen molar-refractivity contribution in [2.75, 3.05) is 7.11 Å². The lowest BCUT2D eigenvalue weighted by Gasteiger charge is -2.31. The maximum Gasteiger partial charge on any atom is 0.147 e. The van der Waals surface area contributed by atoms with Crippen LogP contribution in [0.15, 0.2) is 18.2 Å². The SMILES string of the molecule is COc1ccc2c(c1)CCC(n1nc(C)nc1C)C2N. The second kappa shape index (κ2) is 4.90. The number of nitrogens with zero attached hydrogens (tertiary/aromatic N) is 3. The maximum absolute atomic E-state index is 6.46.